The minimum atomic E-state index is -5.37. The molecule has 4 nitrogen and oxygen atoms in total. The second-order valence-electron chi connectivity index (χ2n) is 7.84. The van der Waals surface area contributed by atoms with Crippen molar-refractivity contribution < 1.29 is 26.3 Å². The second kappa shape index (κ2) is 10.0. The lowest BCUT2D eigenvalue weighted by atomic mass is 10.2. The van der Waals surface area contributed by atoms with Crippen LogP contribution in [0.25, 0.3) is 0 Å². The maximum absolute atomic E-state index is 12.3. The minimum Gasteiger partial charge on any atom is -0.491 e. The molecule has 1 N–H and O–H groups in total. The van der Waals surface area contributed by atoms with Crippen molar-refractivity contribution in [2.24, 2.45) is 0 Å². The van der Waals surface area contributed by atoms with E-state index < -0.39 is 30.2 Å². The number of hydrogen-bond donors (Lipinski definition) is 1. The van der Waals surface area contributed by atoms with E-state index in [2.05, 4.69) is 53.0 Å². The summed E-state index contributed by atoms with van der Waals surface area (Å²) in [7, 11) is -7.32. The Morgan fingerprint density at radius 2 is 1.55 bits per heavy atom. The first kappa shape index (κ1) is 25.5. The van der Waals surface area contributed by atoms with Gasteiger partial charge in [-0.05, 0) is 28.8 Å². The smallest absolute Gasteiger partial charge is 0.491 e. The molecule has 0 saturated carbocycles. The van der Waals surface area contributed by atoms with Crippen LogP contribution in [0, 0.1) is 11.5 Å². The number of alkyl halides is 3. The zero-order valence-corrected chi connectivity index (χ0v) is 19.5. The number of rotatable bonds is 8. The fourth-order valence-electron chi connectivity index (χ4n) is 3.72. The Hall–Kier alpha value is -1.50. The van der Waals surface area contributed by atoms with Crippen molar-refractivity contribution in [3.63, 3.8) is 0 Å². The molecule has 0 amide bonds. The van der Waals surface area contributed by atoms with Gasteiger partial charge in [0.1, 0.15) is 20.4 Å². The van der Waals surface area contributed by atoms with Crippen LogP contribution in [-0.4, -0.2) is 35.2 Å². The molecule has 0 aromatic heterocycles. The average molecular weight is 450 g/mol. The maximum atomic E-state index is 12.3. The highest BCUT2D eigenvalue weighted by Gasteiger charge is 2.45. The summed E-state index contributed by atoms with van der Waals surface area (Å²) < 4.78 is 66.1. The Morgan fingerprint density at radius 1 is 1.03 bits per heavy atom. The first-order valence-electron chi connectivity index (χ1n) is 9.56. The van der Waals surface area contributed by atoms with E-state index in [0.29, 0.717) is 27.9 Å². The van der Waals surface area contributed by atoms with Crippen molar-refractivity contribution in [1.82, 2.24) is 4.72 Å². The maximum Gasteiger partial charge on any atom is 0.511 e. The van der Waals surface area contributed by atoms with Crippen LogP contribution in [0.2, 0.25) is 16.6 Å². The molecular weight excluding hydrogens is 419 g/mol. The standard InChI is InChI=1S/C20H30F3NO3SSi/c1-15(2)29(16(3)4,17(5)6)14-11-18-9-7-8-10-19(18)27-13-12-24-28(25,26)20(21,22)23/h7-10,15-17,24H,12-13H2,1-6H3. The molecule has 0 aliphatic heterocycles. The molecule has 0 spiro atoms. The van der Waals surface area contributed by atoms with E-state index in [9.17, 15) is 21.6 Å². The number of halogens is 3. The molecule has 1 aromatic rings. The summed E-state index contributed by atoms with van der Waals surface area (Å²) in [5.41, 5.74) is 0.251. The topological polar surface area (TPSA) is 55.4 Å². The number of nitrogens with one attached hydrogen (secondary N) is 1. The third-order valence-electron chi connectivity index (χ3n) is 5.12. The third kappa shape index (κ3) is 6.24. The average Bonchev–Trinajstić information content (AvgIpc) is 2.58. The number of ether oxygens (including phenoxy) is 1. The Labute approximate surface area is 173 Å². The van der Waals surface area contributed by atoms with E-state index in [1.165, 1.54) is 4.72 Å². The van der Waals surface area contributed by atoms with Crippen LogP contribution in [-0.2, 0) is 10.0 Å². The van der Waals surface area contributed by atoms with Gasteiger partial charge in [-0.3, -0.25) is 0 Å². The van der Waals surface area contributed by atoms with E-state index in [1.807, 2.05) is 6.07 Å². The monoisotopic (exact) mass is 449 g/mol. The first-order valence-corrected chi connectivity index (χ1v) is 13.3. The van der Waals surface area contributed by atoms with Gasteiger partial charge >= 0.3 is 15.5 Å². The Morgan fingerprint density at radius 3 is 2.03 bits per heavy atom. The molecule has 0 aliphatic rings. The molecule has 1 rings (SSSR count). The molecule has 0 bridgehead atoms. The lowest BCUT2D eigenvalue weighted by Gasteiger charge is -2.38. The summed E-state index contributed by atoms with van der Waals surface area (Å²) in [6, 6.07) is 7.01. The SMILES string of the molecule is CC(C)[Si](C#Cc1ccccc1OCCNS(=O)(=O)C(F)(F)F)(C(C)C)C(C)C. The van der Waals surface area contributed by atoms with Gasteiger partial charge in [0, 0.05) is 6.54 Å². The largest absolute Gasteiger partial charge is 0.511 e. The third-order valence-corrected chi connectivity index (χ3v) is 12.6. The van der Waals surface area contributed by atoms with Crippen molar-refractivity contribution in [3.05, 3.63) is 29.8 Å². The summed E-state index contributed by atoms with van der Waals surface area (Å²) in [6.45, 7) is 12.5. The molecule has 0 heterocycles. The number of sulfonamides is 1. The van der Waals surface area contributed by atoms with Crippen LogP contribution < -0.4 is 9.46 Å². The summed E-state index contributed by atoms with van der Waals surface area (Å²) in [5.74, 6) is 3.67. The molecule has 29 heavy (non-hydrogen) atoms. The normalized spacial score (nSPS) is 13.0. The van der Waals surface area contributed by atoms with Gasteiger partial charge in [-0.25, -0.2) is 13.1 Å². The molecule has 9 heteroatoms. The van der Waals surface area contributed by atoms with E-state index in [1.54, 1.807) is 18.2 Å². The molecular formula is C20H30F3NO3SSi. The number of hydrogen-bond acceptors (Lipinski definition) is 3. The summed E-state index contributed by atoms with van der Waals surface area (Å²) in [6.07, 6.45) is 0. The van der Waals surface area contributed by atoms with Gasteiger partial charge in [-0.15, -0.1) is 5.54 Å². The van der Waals surface area contributed by atoms with Crippen molar-refractivity contribution in [2.45, 2.75) is 63.7 Å². The molecule has 0 fully saturated rings. The molecule has 0 radical (unpaired) electrons. The molecule has 0 aliphatic carbocycles. The van der Waals surface area contributed by atoms with E-state index in [4.69, 9.17) is 4.74 Å². The van der Waals surface area contributed by atoms with Gasteiger partial charge < -0.3 is 4.74 Å². The van der Waals surface area contributed by atoms with Crippen LogP contribution in [0.3, 0.4) is 0 Å². The number of benzene rings is 1. The highest BCUT2D eigenvalue weighted by Crippen LogP contribution is 2.40. The lowest BCUT2D eigenvalue weighted by molar-refractivity contribution is -0.0448. The second-order valence-corrected chi connectivity index (χ2v) is 15.2. The molecule has 1 aromatic carbocycles. The van der Waals surface area contributed by atoms with Crippen molar-refractivity contribution in [1.29, 1.82) is 0 Å². The lowest BCUT2D eigenvalue weighted by Crippen LogP contribution is -2.43. The van der Waals surface area contributed by atoms with Crippen LogP contribution >= 0.6 is 0 Å². The molecule has 0 saturated heterocycles. The van der Waals surface area contributed by atoms with Crippen molar-refractivity contribution in [2.75, 3.05) is 13.2 Å². The predicted octanol–water partition coefficient (Wildman–Crippen LogP) is 5.07. The van der Waals surface area contributed by atoms with Gasteiger partial charge in [0.25, 0.3) is 0 Å². The van der Waals surface area contributed by atoms with E-state index in [0.717, 1.165) is 0 Å². The fourth-order valence-corrected chi connectivity index (χ4v) is 9.46. The van der Waals surface area contributed by atoms with Gasteiger partial charge in [-0.1, -0.05) is 59.6 Å². The fraction of sp³-hybridized carbons (Fsp3) is 0.600. The minimum absolute atomic E-state index is 0.241. The van der Waals surface area contributed by atoms with Crippen molar-refractivity contribution >= 4 is 18.1 Å². The van der Waals surface area contributed by atoms with Gasteiger partial charge in [-0.2, -0.15) is 13.2 Å². The Kier molecular flexibility index (Phi) is 8.81. The summed E-state index contributed by atoms with van der Waals surface area (Å²) >= 11 is 0. The van der Waals surface area contributed by atoms with Crippen LogP contribution in [0.1, 0.15) is 47.1 Å². The van der Waals surface area contributed by atoms with Crippen molar-refractivity contribution in [3.8, 4) is 17.2 Å². The Balaban J connectivity index is 3.01. The zero-order chi connectivity index (χ0) is 22.5. The van der Waals surface area contributed by atoms with Gasteiger partial charge in [0.15, 0.2) is 0 Å². The molecule has 0 atom stereocenters. The summed E-state index contributed by atoms with van der Waals surface area (Å²) in [4.78, 5) is 0. The van der Waals surface area contributed by atoms with Crippen LogP contribution in [0.15, 0.2) is 24.3 Å². The van der Waals surface area contributed by atoms with Crippen LogP contribution in [0.4, 0.5) is 13.2 Å². The van der Waals surface area contributed by atoms with Gasteiger partial charge in [0.2, 0.25) is 0 Å². The summed E-state index contributed by atoms with van der Waals surface area (Å²) in [5, 5.41) is 0. The quantitative estimate of drug-likeness (QED) is 0.342. The first-order chi connectivity index (χ1) is 13.3. The highest BCUT2D eigenvalue weighted by molar-refractivity contribution is 7.90. The predicted molar refractivity (Wildman–Crippen MR) is 113 cm³/mol. The Bertz CT molecular complexity index is 819. The van der Waals surface area contributed by atoms with E-state index in [-0.39, 0.29) is 6.61 Å². The number of para-hydroxylation sites is 1. The zero-order valence-electron chi connectivity index (χ0n) is 17.7. The van der Waals surface area contributed by atoms with Gasteiger partial charge in [0.05, 0.1) is 5.56 Å². The molecule has 0 unspecified atom stereocenters. The van der Waals surface area contributed by atoms with Crippen LogP contribution in [0.5, 0.6) is 5.75 Å². The van der Waals surface area contributed by atoms with E-state index >= 15 is 0 Å². The molecule has 164 valence electrons. The highest BCUT2D eigenvalue weighted by atomic mass is 32.2.